The molecule has 0 spiro atoms. The van der Waals surface area contributed by atoms with Gasteiger partial charge in [0.15, 0.2) is 5.78 Å². The number of ether oxygens (including phenoxy) is 1. The van der Waals surface area contributed by atoms with E-state index in [1.165, 1.54) is 6.92 Å². The fourth-order valence-corrected chi connectivity index (χ4v) is 1.62. The Morgan fingerprint density at radius 2 is 1.56 bits per heavy atom. The van der Waals surface area contributed by atoms with Gasteiger partial charge in [-0.25, -0.2) is 0 Å². The molecule has 0 amide bonds. The van der Waals surface area contributed by atoms with Crippen molar-refractivity contribution >= 4 is 11.8 Å². The van der Waals surface area contributed by atoms with Crippen LogP contribution in [0.2, 0.25) is 0 Å². The van der Waals surface area contributed by atoms with Gasteiger partial charge in [-0.1, -0.05) is 42.5 Å². The minimum atomic E-state index is -0.403. The number of carbonyl (C=O) groups excluding carboxylic acids is 2. The van der Waals surface area contributed by atoms with Crippen LogP contribution in [0, 0.1) is 0 Å². The van der Waals surface area contributed by atoms with E-state index >= 15 is 0 Å². The topological polar surface area (TPSA) is 43.4 Å². The first-order valence-corrected chi connectivity index (χ1v) is 5.55. The molecule has 0 unspecified atom stereocenters. The molecule has 0 heterocycles. The van der Waals surface area contributed by atoms with Crippen molar-refractivity contribution in [3.05, 3.63) is 65.7 Å². The lowest BCUT2D eigenvalue weighted by atomic mass is 10.0. The molecule has 2 aromatic rings. The van der Waals surface area contributed by atoms with Crippen molar-refractivity contribution in [2.45, 2.75) is 6.92 Å². The van der Waals surface area contributed by atoms with Crippen LogP contribution in [0.3, 0.4) is 0 Å². The fraction of sp³-hybridized carbons (Fsp3) is 0.0667. The van der Waals surface area contributed by atoms with Gasteiger partial charge in [0.25, 0.3) is 0 Å². The summed E-state index contributed by atoms with van der Waals surface area (Å²) in [5, 5.41) is 0. The first kappa shape index (κ1) is 12.0. The second-order valence-electron chi connectivity index (χ2n) is 3.82. The third-order valence-corrected chi connectivity index (χ3v) is 2.39. The van der Waals surface area contributed by atoms with Crippen LogP contribution in [0.15, 0.2) is 54.6 Å². The van der Waals surface area contributed by atoms with Crippen molar-refractivity contribution in [2.24, 2.45) is 0 Å². The Bertz CT molecular complexity index is 573. The molecule has 3 heteroatoms. The van der Waals surface area contributed by atoms with Crippen LogP contribution in [0.4, 0.5) is 0 Å². The molecule has 0 atom stereocenters. The molecule has 90 valence electrons. The number of ketones is 1. The molecule has 18 heavy (non-hydrogen) atoms. The van der Waals surface area contributed by atoms with Gasteiger partial charge < -0.3 is 4.74 Å². The van der Waals surface area contributed by atoms with E-state index in [0.29, 0.717) is 16.9 Å². The third kappa shape index (κ3) is 2.83. The highest BCUT2D eigenvalue weighted by atomic mass is 16.5. The maximum Gasteiger partial charge on any atom is 0.308 e. The number of hydrogen-bond acceptors (Lipinski definition) is 3. The molecular formula is C15H12O3. The van der Waals surface area contributed by atoms with Crippen LogP contribution < -0.4 is 4.74 Å². The zero-order valence-corrected chi connectivity index (χ0v) is 9.92. The lowest BCUT2D eigenvalue weighted by Gasteiger charge is -2.04. The van der Waals surface area contributed by atoms with Crippen molar-refractivity contribution in [1.82, 2.24) is 0 Å². The van der Waals surface area contributed by atoms with Crippen molar-refractivity contribution in [3.63, 3.8) is 0 Å². The van der Waals surface area contributed by atoms with Crippen molar-refractivity contribution in [3.8, 4) is 5.75 Å². The van der Waals surface area contributed by atoms with Crippen LogP contribution in [0.5, 0.6) is 5.75 Å². The second kappa shape index (κ2) is 5.27. The van der Waals surface area contributed by atoms with Gasteiger partial charge in [0.05, 0.1) is 0 Å². The highest BCUT2D eigenvalue weighted by molar-refractivity contribution is 6.09. The molecule has 0 aliphatic heterocycles. The molecule has 0 aliphatic carbocycles. The quantitative estimate of drug-likeness (QED) is 0.470. The van der Waals surface area contributed by atoms with Crippen LogP contribution in [-0.2, 0) is 4.79 Å². The van der Waals surface area contributed by atoms with E-state index in [0.717, 1.165) is 0 Å². The minimum absolute atomic E-state index is 0.0930. The maximum atomic E-state index is 12.1. The standard InChI is InChI=1S/C15H12O3/c1-11(16)18-14-9-5-8-13(10-14)15(17)12-6-3-2-4-7-12/h2-10H,1H3. The first-order chi connectivity index (χ1) is 8.66. The average Bonchev–Trinajstić information content (AvgIpc) is 2.38. The number of benzene rings is 2. The Balaban J connectivity index is 2.29. The Hall–Kier alpha value is -2.42. The summed E-state index contributed by atoms with van der Waals surface area (Å²) >= 11 is 0. The Morgan fingerprint density at radius 3 is 2.22 bits per heavy atom. The molecule has 0 saturated carbocycles. The lowest BCUT2D eigenvalue weighted by Crippen LogP contribution is -2.04. The largest absolute Gasteiger partial charge is 0.427 e. The zero-order valence-electron chi connectivity index (χ0n) is 9.92. The summed E-state index contributed by atoms with van der Waals surface area (Å²) in [7, 11) is 0. The molecule has 0 saturated heterocycles. The molecule has 0 radical (unpaired) electrons. The van der Waals surface area contributed by atoms with Gasteiger partial charge in [-0.3, -0.25) is 9.59 Å². The molecule has 3 nitrogen and oxygen atoms in total. The second-order valence-corrected chi connectivity index (χ2v) is 3.82. The van der Waals surface area contributed by atoms with Gasteiger partial charge in [0.2, 0.25) is 0 Å². The van der Waals surface area contributed by atoms with Gasteiger partial charge in [-0.2, -0.15) is 0 Å². The first-order valence-electron chi connectivity index (χ1n) is 5.55. The number of esters is 1. The van der Waals surface area contributed by atoms with E-state index < -0.39 is 5.97 Å². The summed E-state index contributed by atoms with van der Waals surface area (Å²) in [6.07, 6.45) is 0. The smallest absolute Gasteiger partial charge is 0.308 e. The minimum Gasteiger partial charge on any atom is -0.427 e. The molecule has 0 aliphatic rings. The number of rotatable bonds is 3. The van der Waals surface area contributed by atoms with Crippen LogP contribution >= 0.6 is 0 Å². The Kier molecular flexibility index (Phi) is 3.53. The Morgan fingerprint density at radius 1 is 0.889 bits per heavy atom. The van der Waals surface area contributed by atoms with E-state index in [2.05, 4.69) is 0 Å². The molecule has 0 N–H and O–H groups in total. The summed E-state index contributed by atoms with van der Waals surface area (Å²) in [5.74, 6) is -0.117. The third-order valence-electron chi connectivity index (χ3n) is 2.39. The van der Waals surface area contributed by atoms with Gasteiger partial charge in [-0.15, -0.1) is 0 Å². The summed E-state index contributed by atoms with van der Waals surface area (Å²) < 4.78 is 4.95. The van der Waals surface area contributed by atoms with E-state index in [9.17, 15) is 9.59 Å². The highest BCUT2D eigenvalue weighted by Crippen LogP contribution is 2.16. The van der Waals surface area contributed by atoms with E-state index in [-0.39, 0.29) is 5.78 Å². The molecular weight excluding hydrogens is 228 g/mol. The average molecular weight is 240 g/mol. The normalized spacial score (nSPS) is 9.83. The molecule has 0 fully saturated rings. The van der Waals surface area contributed by atoms with E-state index in [1.807, 2.05) is 18.2 Å². The van der Waals surface area contributed by atoms with Crippen molar-refractivity contribution < 1.29 is 14.3 Å². The number of hydrogen-bond donors (Lipinski definition) is 0. The van der Waals surface area contributed by atoms with Crippen LogP contribution in [0.25, 0.3) is 0 Å². The summed E-state index contributed by atoms with van der Waals surface area (Å²) in [6, 6.07) is 15.6. The molecule has 0 bridgehead atoms. The summed E-state index contributed by atoms with van der Waals surface area (Å²) in [6.45, 7) is 1.33. The Labute approximate surface area is 105 Å². The maximum absolute atomic E-state index is 12.1. The van der Waals surface area contributed by atoms with Gasteiger partial charge in [0.1, 0.15) is 5.75 Å². The molecule has 2 rings (SSSR count). The van der Waals surface area contributed by atoms with Gasteiger partial charge >= 0.3 is 5.97 Å². The predicted molar refractivity (Wildman–Crippen MR) is 67.6 cm³/mol. The monoisotopic (exact) mass is 240 g/mol. The van der Waals surface area contributed by atoms with Crippen molar-refractivity contribution in [2.75, 3.05) is 0 Å². The van der Waals surface area contributed by atoms with E-state index in [1.54, 1.807) is 36.4 Å². The fourth-order valence-electron chi connectivity index (χ4n) is 1.62. The highest BCUT2D eigenvalue weighted by Gasteiger charge is 2.09. The molecule has 0 aromatic heterocycles. The zero-order chi connectivity index (χ0) is 13.0. The SMILES string of the molecule is CC(=O)Oc1cccc(C(=O)c2ccccc2)c1. The summed E-state index contributed by atoms with van der Waals surface area (Å²) in [4.78, 5) is 23.0. The van der Waals surface area contributed by atoms with Gasteiger partial charge in [-0.05, 0) is 12.1 Å². The molecule has 2 aromatic carbocycles. The summed E-state index contributed by atoms with van der Waals surface area (Å²) in [5.41, 5.74) is 1.11. The predicted octanol–water partition coefficient (Wildman–Crippen LogP) is 2.84. The lowest BCUT2D eigenvalue weighted by molar-refractivity contribution is -0.131. The van der Waals surface area contributed by atoms with Crippen LogP contribution in [0.1, 0.15) is 22.8 Å². The number of carbonyl (C=O) groups is 2. The van der Waals surface area contributed by atoms with Crippen molar-refractivity contribution in [1.29, 1.82) is 0 Å². The van der Waals surface area contributed by atoms with E-state index in [4.69, 9.17) is 4.74 Å². The van der Waals surface area contributed by atoms with Crippen LogP contribution in [-0.4, -0.2) is 11.8 Å². The van der Waals surface area contributed by atoms with Gasteiger partial charge in [0, 0.05) is 18.1 Å².